The Labute approximate surface area is 238 Å². The molecule has 8 nitrogen and oxygen atoms in total. The molecule has 0 radical (unpaired) electrons. The zero-order valence-corrected chi connectivity index (χ0v) is 23.8. The van der Waals surface area contributed by atoms with Gasteiger partial charge in [0.15, 0.2) is 5.13 Å². The lowest BCUT2D eigenvalue weighted by molar-refractivity contribution is -0.144. The van der Waals surface area contributed by atoms with Crippen LogP contribution in [0, 0.1) is 31.6 Å². The molecule has 2 atom stereocenters. The van der Waals surface area contributed by atoms with Crippen LogP contribution in [0.4, 0.5) is 5.13 Å². The highest BCUT2D eigenvalue weighted by molar-refractivity contribution is 7.14. The third kappa shape index (κ3) is 5.32. The van der Waals surface area contributed by atoms with Gasteiger partial charge in [-0.1, -0.05) is 17.7 Å². The molecule has 3 heterocycles. The van der Waals surface area contributed by atoms with E-state index in [0.29, 0.717) is 38.5 Å². The van der Waals surface area contributed by atoms with Crippen LogP contribution in [0.15, 0.2) is 41.8 Å². The third-order valence-corrected chi connectivity index (χ3v) is 9.46. The zero-order chi connectivity index (χ0) is 27.8. The highest BCUT2D eigenvalue weighted by Gasteiger charge is 2.46. The van der Waals surface area contributed by atoms with Gasteiger partial charge in [0.1, 0.15) is 12.4 Å². The van der Waals surface area contributed by atoms with Gasteiger partial charge in [-0.2, -0.15) is 0 Å². The molecule has 2 aliphatic heterocycles. The summed E-state index contributed by atoms with van der Waals surface area (Å²) in [5.41, 5.74) is 5.68. The molecule has 6 rings (SSSR count). The van der Waals surface area contributed by atoms with Gasteiger partial charge in [0.25, 0.3) is 5.91 Å². The van der Waals surface area contributed by atoms with Crippen molar-refractivity contribution < 1.29 is 24.2 Å². The van der Waals surface area contributed by atoms with Crippen molar-refractivity contribution in [3.63, 3.8) is 0 Å². The molecule has 1 N–H and O–H groups in total. The van der Waals surface area contributed by atoms with Gasteiger partial charge in [0.2, 0.25) is 0 Å². The SMILES string of the molecule is Cc1ccc(OCc2ccc(C(=O)N3CCOCC3)cc2C)c(-c2csc(N3C[C@H]4CC[C@H](C3)C4C(=O)O)n2)c1. The number of carboxylic acid groups (broad SMARTS) is 1. The average molecular weight is 562 g/mol. The number of rotatable bonds is 7. The maximum absolute atomic E-state index is 12.9. The monoisotopic (exact) mass is 561 g/mol. The summed E-state index contributed by atoms with van der Waals surface area (Å²) in [5, 5.41) is 12.7. The Hall–Kier alpha value is -3.43. The fourth-order valence-electron chi connectivity index (χ4n) is 6.38. The number of hydrogen-bond donors (Lipinski definition) is 1. The van der Waals surface area contributed by atoms with Gasteiger partial charge in [-0.05, 0) is 73.9 Å². The quantitative estimate of drug-likeness (QED) is 0.433. The van der Waals surface area contributed by atoms with Crippen molar-refractivity contribution in [1.82, 2.24) is 9.88 Å². The van der Waals surface area contributed by atoms with Gasteiger partial charge in [-0.3, -0.25) is 9.59 Å². The van der Waals surface area contributed by atoms with E-state index in [-0.39, 0.29) is 23.7 Å². The number of carbonyl (C=O) groups is 2. The summed E-state index contributed by atoms with van der Waals surface area (Å²) >= 11 is 1.61. The minimum absolute atomic E-state index is 0.0409. The second kappa shape index (κ2) is 11.2. The normalized spacial score (nSPS) is 22.4. The van der Waals surface area contributed by atoms with E-state index in [9.17, 15) is 14.7 Å². The smallest absolute Gasteiger partial charge is 0.307 e. The molecule has 40 heavy (non-hydrogen) atoms. The first-order valence-electron chi connectivity index (χ1n) is 14.0. The van der Waals surface area contributed by atoms with Crippen LogP contribution < -0.4 is 9.64 Å². The summed E-state index contributed by atoms with van der Waals surface area (Å²) < 4.78 is 11.7. The van der Waals surface area contributed by atoms with Crippen LogP contribution in [0.25, 0.3) is 11.3 Å². The fourth-order valence-corrected chi connectivity index (χ4v) is 7.23. The van der Waals surface area contributed by atoms with Gasteiger partial charge in [-0.15, -0.1) is 11.3 Å². The molecule has 1 aliphatic carbocycles. The number of aliphatic carboxylic acids is 1. The fraction of sp³-hybridized carbons (Fsp3) is 0.452. The number of aryl methyl sites for hydroxylation is 2. The maximum atomic E-state index is 12.9. The van der Waals surface area contributed by atoms with E-state index in [0.717, 1.165) is 64.8 Å². The van der Waals surface area contributed by atoms with Gasteiger partial charge in [0, 0.05) is 42.7 Å². The summed E-state index contributed by atoms with van der Waals surface area (Å²) in [6, 6.07) is 11.9. The van der Waals surface area contributed by atoms with Crippen molar-refractivity contribution in [1.29, 1.82) is 0 Å². The lowest BCUT2D eigenvalue weighted by atomic mass is 9.85. The molecule has 3 aromatic rings. The molecule has 0 spiro atoms. The first-order valence-corrected chi connectivity index (χ1v) is 14.9. The van der Waals surface area contributed by atoms with Gasteiger partial charge in [0.05, 0.1) is 24.8 Å². The second-order valence-electron chi connectivity index (χ2n) is 11.2. The molecule has 9 heteroatoms. The van der Waals surface area contributed by atoms with Crippen LogP contribution in [0.5, 0.6) is 5.75 Å². The van der Waals surface area contributed by atoms with Gasteiger partial charge in [-0.25, -0.2) is 4.98 Å². The van der Waals surface area contributed by atoms with Crippen LogP contribution in [-0.4, -0.2) is 66.3 Å². The molecule has 2 aromatic carbocycles. The topological polar surface area (TPSA) is 92.2 Å². The number of fused-ring (bicyclic) bond motifs is 2. The van der Waals surface area contributed by atoms with E-state index in [1.165, 1.54) is 0 Å². The number of ether oxygens (including phenoxy) is 2. The summed E-state index contributed by atoms with van der Waals surface area (Å²) in [6.45, 7) is 8.37. The van der Waals surface area contributed by atoms with Crippen LogP contribution in [0.1, 0.15) is 39.9 Å². The zero-order valence-electron chi connectivity index (χ0n) is 23.0. The number of nitrogens with zero attached hydrogens (tertiary/aromatic N) is 3. The lowest BCUT2D eigenvalue weighted by Gasteiger charge is -2.35. The summed E-state index contributed by atoms with van der Waals surface area (Å²) in [5.74, 6) is 0.323. The predicted molar refractivity (Wildman–Crippen MR) is 154 cm³/mol. The highest BCUT2D eigenvalue weighted by atomic mass is 32.1. The molecule has 0 unspecified atom stereocenters. The number of benzene rings is 2. The first-order chi connectivity index (χ1) is 19.4. The van der Waals surface area contributed by atoms with Crippen LogP contribution in [0.3, 0.4) is 0 Å². The van der Waals surface area contributed by atoms with E-state index in [4.69, 9.17) is 14.5 Å². The molecular formula is C31H35N3O5S. The highest BCUT2D eigenvalue weighted by Crippen LogP contribution is 2.44. The Morgan fingerprint density at radius 3 is 2.52 bits per heavy atom. The number of anilines is 1. The minimum atomic E-state index is -0.651. The number of morpholine rings is 1. The van der Waals surface area contributed by atoms with Crippen LogP contribution in [0.2, 0.25) is 0 Å². The van der Waals surface area contributed by atoms with Crippen LogP contribution in [-0.2, 0) is 16.1 Å². The van der Waals surface area contributed by atoms with E-state index in [2.05, 4.69) is 23.3 Å². The van der Waals surface area contributed by atoms with Gasteiger partial charge < -0.3 is 24.4 Å². The number of piperidine rings is 1. The number of aromatic nitrogens is 1. The lowest BCUT2D eigenvalue weighted by Crippen LogP contribution is -2.44. The summed E-state index contributed by atoms with van der Waals surface area (Å²) in [4.78, 5) is 33.7. The predicted octanol–water partition coefficient (Wildman–Crippen LogP) is 5.03. The Morgan fingerprint density at radius 1 is 1.07 bits per heavy atom. The minimum Gasteiger partial charge on any atom is -0.488 e. The molecule has 1 saturated carbocycles. The van der Waals surface area contributed by atoms with Crippen molar-refractivity contribution in [3.05, 3.63) is 64.0 Å². The first kappa shape index (κ1) is 26.8. The second-order valence-corrected chi connectivity index (χ2v) is 12.1. The molecule has 2 saturated heterocycles. The van der Waals surface area contributed by atoms with Crippen LogP contribution >= 0.6 is 11.3 Å². The van der Waals surface area contributed by atoms with E-state index < -0.39 is 5.97 Å². The Kier molecular flexibility index (Phi) is 7.51. The number of hydrogen-bond acceptors (Lipinski definition) is 7. The molecule has 210 valence electrons. The summed E-state index contributed by atoms with van der Waals surface area (Å²) in [6.07, 6.45) is 1.96. The average Bonchev–Trinajstić information content (AvgIpc) is 3.55. The Morgan fingerprint density at radius 2 is 1.82 bits per heavy atom. The van der Waals surface area contributed by atoms with Gasteiger partial charge >= 0.3 is 5.97 Å². The van der Waals surface area contributed by atoms with Crippen molar-refractivity contribution in [2.45, 2.75) is 33.3 Å². The largest absolute Gasteiger partial charge is 0.488 e. The Bertz CT molecular complexity index is 1400. The molecular weight excluding hydrogens is 526 g/mol. The van der Waals surface area contributed by atoms with Crippen molar-refractivity contribution in [2.75, 3.05) is 44.3 Å². The molecule has 2 bridgehead atoms. The van der Waals surface area contributed by atoms with E-state index >= 15 is 0 Å². The number of carbonyl (C=O) groups excluding carboxylic acids is 1. The maximum Gasteiger partial charge on any atom is 0.307 e. The standard InChI is InChI=1S/C31H35N3O5S/c1-19-3-8-27(39-17-24-7-4-21(14-20(24)2)29(35)33-9-11-38-12-10-33)25(13-19)26-18-40-31(32-26)34-15-22-5-6-23(16-34)28(22)30(36)37/h3-4,7-8,13-14,18,22-23,28H,5-6,9-12,15-17H2,1-2H3,(H,36,37)/t22-,23-/m1/s1. The van der Waals surface area contributed by atoms with E-state index in [1.807, 2.05) is 42.2 Å². The molecule has 1 aromatic heterocycles. The Balaban J connectivity index is 1.16. The van der Waals surface area contributed by atoms with Crippen molar-refractivity contribution >= 4 is 28.3 Å². The van der Waals surface area contributed by atoms with Crippen molar-refractivity contribution in [3.8, 4) is 17.0 Å². The molecule has 1 amide bonds. The van der Waals surface area contributed by atoms with E-state index in [1.54, 1.807) is 11.3 Å². The van der Waals surface area contributed by atoms with Crippen molar-refractivity contribution in [2.24, 2.45) is 17.8 Å². The number of amides is 1. The molecule has 3 fully saturated rings. The summed E-state index contributed by atoms with van der Waals surface area (Å²) in [7, 11) is 0. The molecule has 3 aliphatic rings. The number of thiazole rings is 1. The third-order valence-electron chi connectivity index (χ3n) is 8.56. The number of carboxylic acids is 1.